The van der Waals surface area contributed by atoms with Gasteiger partial charge in [-0.3, -0.25) is 4.99 Å². The van der Waals surface area contributed by atoms with Crippen LogP contribution in [0.1, 0.15) is 25.8 Å². The first-order chi connectivity index (χ1) is 11.9. The number of nitrogens with one attached hydrogen (secondary N) is 2. The molecule has 0 amide bonds. The summed E-state index contributed by atoms with van der Waals surface area (Å²) in [5.41, 5.74) is 0.926. The van der Waals surface area contributed by atoms with Gasteiger partial charge in [0.1, 0.15) is 5.82 Å². The van der Waals surface area contributed by atoms with E-state index in [4.69, 9.17) is 0 Å². The van der Waals surface area contributed by atoms with Crippen LogP contribution in [-0.4, -0.2) is 57.7 Å². The highest BCUT2D eigenvalue weighted by molar-refractivity contribution is 7.89. The van der Waals surface area contributed by atoms with Crippen LogP contribution in [0.4, 0.5) is 4.39 Å². The van der Waals surface area contributed by atoms with E-state index in [0.29, 0.717) is 38.4 Å². The lowest BCUT2D eigenvalue weighted by atomic mass is 10.1. The summed E-state index contributed by atoms with van der Waals surface area (Å²) >= 11 is 0. The molecule has 1 rings (SSSR count). The Hall–Kier alpha value is -1.67. The van der Waals surface area contributed by atoms with Crippen molar-refractivity contribution in [3.05, 3.63) is 35.6 Å². The Bertz CT molecular complexity index is 650. The number of guanidine groups is 1. The Morgan fingerprint density at radius 3 is 2.68 bits per heavy atom. The second-order valence-corrected chi connectivity index (χ2v) is 8.01. The SMILES string of the molecule is CCNC(=NCCCN(C)S(=O)(=O)CC)NCCc1cccc(F)c1. The van der Waals surface area contributed by atoms with E-state index in [1.54, 1.807) is 20.0 Å². The first-order valence-electron chi connectivity index (χ1n) is 8.59. The summed E-state index contributed by atoms with van der Waals surface area (Å²) in [5.74, 6) is 0.556. The van der Waals surface area contributed by atoms with E-state index in [-0.39, 0.29) is 11.6 Å². The van der Waals surface area contributed by atoms with Gasteiger partial charge in [0.25, 0.3) is 0 Å². The number of aliphatic imine (C=N–C) groups is 1. The van der Waals surface area contributed by atoms with E-state index >= 15 is 0 Å². The summed E-state index contributed by atoms with van der Waals surface area (Å²) < 4.78 is 37.9. The first kappa shape index (κ1) is 21.4. The summed E-state index contributed by atoms with van der Waals surface area (Å²) in [5, 5.41) is 6.35. The smallest absolute Gasteiger partial charge is 0.213 e. The molecule has 0 unspecified atom stereocenters. The third-order valence-electron chi connectivity index (χ3n) is 3.68. The van der Waals surface area contributed by atoms with Crippen molar-refractivity contribution in [2.24, 2.45) is 4.99 Å². The van der Waals surface area contributed by atoms with E-state index < -0.39 is 10.0 Å². The second-order valence-electron chi connectivity index (χ2n) is 5.64. The lowest BCUT2D eigenvalue weighted by molar-refractivity contribution is 0.465. The van der Waals surface area contributed by atoms with Crippen molar-refractivity contribution in [1.82, 2.24) is 14.9 Å². The first-order valence-corrected chi connectivity index (χ1v) is 10.2. The van der Waals surface area contributed by atoms with Gasteiger partial charge in [0.05, 0.1) is 5.75 Å². The van der Waals surface area contributed by atoms with Gasteiger partial charge in [-0.25, -0.2) is 17.1 Å². The average Bonchev–Trinajstić information content (AvgIpc) is 2.58. The highest BCUT2D eigenvalue weighted by Gasteiger charge is 2.13. The predicted octanol–water partition coefficient (Wildman–Crippen LogP) is 1.59. The minimum Gasteiger partial charge on any atom is -0.357 e. The highest BCUT2D eigenvalue weighted by atomic mass is 32.2. The van der Waals surface area contributed by atoms with Crippen LogP contribution >= 0.6 is 0 Å². The third kappa shape index (κ3) is 8.31. The highest BCUT2D eigenvalue weighted by Crippen LogP contribution is 2.03. The van der Waals surface area contributed by atoms with Crippen molar-refractivity contribution in [3.8, 4) is 0 Å². The predicted molar refractivity (Wildman–Crippen MR) is 101 cm³/mol. The maximum atomic E-state index is 13.2. The van der Waals surface area contributed by atoms with Crippen LogP contribution in [0.3, 0.4) is 0 Å². The Balaban J connectivity index is 2.40. The molecule has 0 radical (unpaired) electrons. The van der Waals surface area contributed by atoms with Gasteiger partial charge in [-0.1, -0.05) is 12.1 Å². The maximum absolute atomic E-state index is 13.2. The summed E-state index contributed by atoms with van der Waals surface area (Å²) in [6, 6.07) is 6.54. The number of nitrogens with zero attached hydrogens (tertiary/aromatic N) is 2. The molecule has 0 spiro atoms. The summed E-state index contributed by atoms with van der Waals surface area (Å²) in [6.07, 6.45) is 1.34. The standard InChI is InChI=1S/C17H29FN4O2S/c1-4-19-17(20-11-7-13-22(3)25(23,24)5-2)21-12-10-15-8-6-9-16(18)14-15/h6,8-9,14H,4-5,7,10-13H2,1-3H3,(H2,19,20,21). The van der Waals surface area contributed by atoms with Gasteiger partial charge < -0.3 is 10.6 Å². The molecular weight excluding hydrogens is 343 g/mol. The van der Waals surface area contributed by atoms with Gasteiger partial charge in [0.2, 0.25) is 10.0 Å². The van der Waals surface area contributed by atoms with Crippen LogP contribution in [0, 0.1) is 5.82 Å². The molecule has 0 saturated heterocycles. The Labute approximate surface area is 150 Å². The third-order valence-corrected chi connectivity index (χ3v) is 5.54. The van der Waals surface area contributed by atoms with E-state index in [1.807, 2.05) is 13.0 Å². The van der Waals surface area contributed by atoms with E-state index in [0.717, 1.165) is 12.1 Å². The summed E-state index contributed by atoms with van der Waals surface area (Å²) in [4.78, 5) is 4.44. The lowest BCUT2D eigenvalue weighted by Gasteiger charge is -2.15. The molecule has 142 valence electrons. The van der Waals surface area contributed by atoms with Crippen LogP contribution < -0.4 is 10.6 Å². The quantitative estimate of drug-likeness (QED) is 0.372. The fraction of sp³-hybridized carbons (Fsp3) is 0.588. The molecule has 8 heteroatoms. The molecule has 1 aromatic rings. The van der Waals surface area contributed by atoms with Gasteiger partial charge >= 0.3 is 0 Å². The van der Waals surface area contributed by atoms with Crippen molar-refractivity contribution < 1.29 is 12.8 Å². The number of halogens is 1. The fourth-order valence-electron chi connectivity index (χ4n) is 2.20. The molecule has 0 atom stereocenters. The minimum atomic E-state index is -3.13. The number of sulfonamides is 1. The number of benzene rings is 1. The van der Waals surface area contributed by atoms with Gasteiger partial charge in [-0.05, 0) is 44.4 Å². The van der Waals surface area contributed by atoms with Crippen LogP contribution in [0.5, 0.6) is 0 Å². The lowest BCUT2D eigenvalue weighted by Crippen LogP contribution is -2.38. The zero-order chi connectivity index (χ0) is 18.7. The Morgan fingerprint density at radius 1 is 1.28 bits per heavy atom. The van der Waals surface area contributed by atoms with Crippen molar-refractivity contribution >= 4 is 16.0 Å². The van der Waals surface area contributed by atoms with Crippen molar-refractivity contribution in [2.45, 2.75) is 26.7 Å². The van der Waals surface area contributed by atoms with Crippen LogP contribution in [0.25, 0.3) is 0 Å². The molecule has 1 aromatic carbocycles. The monoisotopic (exact) mass is 372 g/mol. The number of hydrogen-bond donors (Lipinski definition) is 2. The fourth-order valence-corrected chi connectivity index (χ4v) is 3.05. The maximum Gasteiger partial charge on any atom is 0.213 e. The molecular formula is C17H29FN4O2S. The zero-order valence-corrected chi connectivity index (χ0v) is 16.1. The molecule has 0 aliphatic rings. The molecule has 0 aliphatic carbocycles. The van der Waals surface area contributed by atoms with Gasteiger partial charge in [-0.15, -0.1) is 0 Å². The molecule has 6 nitrogen and oxygen atoms in total. The van der Waals surface area contributed by atoms with E-state index in [9.17, 15) is 12.8 Å². The molecule has 2 N–H and O–H groups in total. The second kappa shape index (κ2) is 11.0. The van der Waals surface area contributed by atoms with Crippen molar-refractivity contribution in [3.63, 3.8) is 0 Å². The molecule has 25 heavy (non-hydrogen) atoms. The molecule has 0 fully saturated rings. The van der Waals surface area contributed by atoms with Crippen LogP contribution in [-0.2, 0) is 16.4 Å². The molecule has 0 bridgehead atoms. The van der Waals surface area contributed by atoms with Gasteiger partial charge in [0, 0.05) is 33.2 Å². The van der Waals surface area contributed by atoms with Crippen molar-refractivity contribution in [2.75, 3.05) is 39.0 Å². The zero-order valence-electron chi connectivity index (χ0n) is 15.3. The topological polar surface area (TPSA) is 73.8 Å². The van der Waals surface area contributed by atoms with E-state index in [1.165, 1.54) is 16.4 Å². The molecule has 0 aliphatic heterocycles. The number of rotatable bonds is 10. The van der Waals surface area contributed by atoms with E-state index in [2.05, 4.69) is 15.6 Å². The van der Waals surface area contributed by atoms with Gasteiger partial charge in [0.15, 0.2) is 5.96 Å². The molecule has 0 heterocycles. The largest absolute Gasteiger partial charge is 0.357 e. The Kier molecular flexibility index (Phi) is 9.44. The normalized spacial score (nSPS) is 12.4. The van der Waals surface area contributed by atoms with Gasteiger partial charge in [-0.2, -0.15) is 0 Å². The van der Waals surface area contributed by atoms with Crippen LogP contribution in [0.2, 0.25) is 0 Å². The molecule has 0 saturated carbocycles. The number of hydrogen-bond acceptors (Lipinski definition) is 3. The Morgan fingerprint density at radius 2 is 2.04 bits per heavy atom. The average molecular weight is 373 g/mol. The summed E-state index contributed by atoms with van der Waals surface area (Å²) in [6.45, 7) is 5.96. The minimum absolute atomic E-state index is 0.108. The van der Waals surface area contributed by atoms with Crippen LogP contribution in [0.15, 0.2) is 29.3 Å². The molecule has 0 aromatic heterocycles. The van der Waals surface area contributed by atoms with Crippen molar-refractivity contribution in [1.29, 1.82) is 0 Å². The summed E-state index contributed by atoms with van der Waals surface area (Å²) in [7, 11) is -1.55.